The molecule has 2 rings (SSSR count). The van der Waals surface area contributed by atoms with E-state index >= 15 is 0 Å². The molecule has 2 aliphatic carbocycles. The van der Waals surface area contributed by atoms with Gasteiger partial charge in [-0.3, -0.25) is 0 Å². The monoisotopic (exact) mass is 423 g/mol. The molecule has 0 spiro atoms. The smallest absolute Gasteiger partial charge is 0.0537 e. The van der Waals surface area contributed by atoms with Gasteiger partial charge in [0.1, 0.15) is 0 Å². The molecular formula is C27H53NO2. The second kappa shape index (κ2) is 10.7. The van der Waals surface area contributed by atoms with Gasteiger partial charge in [0.2, 0.25) is 0 Å². The second-order valence-corrected chi connectivity index (χ2v) is 12.1. The van der Waals surface area contributed by atoms with Crippen molar-refractivity contribution in [1.82, 2.24) is 0 Å². The molecule has 0 bridgehead atoms. The van der Waals surface area contributed by atoms with Gasteiger partial charge in [0, 0.05) is 12.1 Å². The van der Waals surface area contributed by atoms with Crippen LogP contribution in [0.5, 0.6) is 0 Å². The number of aliphatic hydroxyl groups is 2. The van der Waals surface area contributed by atoms with Gasteiger partial charge < -0.3 is 15.9 Å². The van der Waals surface area contributed by atoms with E-state index in [1.807, 2.05) is 0 Å². The van der Waals surface area contributed by atoms with Crippen LogP contribution in [0.3, 0.4) is 0 Å². The Bertz CT molecular complexity index is 521. The Morgan fingerprint density at radius 3 is 2.40 bits per heavy atom. The molecule has 0 aliphatic heterocycles. The zero-order chi connectivity index (χ0) is 22.6. The SMILES string of the molecule is CC[C@@H](O)CCC(C)(CC)C1CCC2(C)C(CCC2[C@@](C)(N)CCC[C@@H](C)CO)C1. The van der Waals surface area contributed by atoms with Gasteiger partial charge in [-0.1, -0.05) is 47.5 Å². The maximum Gasteiger partial charge on any atom is 0.0537 e. The van der Waals surface area contributed by atoms with Crippen LogP contribution < -0.4 is 5.73 Å². The van der Waals surface area contributed by atoms with E-state index in [1.165, 1.54) is 38.5 Å². The molecule has 178 valence electrons. The lowest BCUT2D eigenvalue weighted by Gasteiger charge is -2.52. The van der Waals surface area contributed by atoms with E-state index in [9.17, 15) is 10.2 Å². The predicted octanol–water partition coefficient (Wildman–Crippen LogP) is 6.30. The van der Waals surface area contributed by atoms with Crippen molar-refractivity contribution < 1.29 is 10.2 Å². The summed E-state index contributed by atoms with van der Waals surface area (Å²) in [4.78, 5) is 0. The molecule has 0 amide bonds. The van der Waals surface area contributed by atoms with Crippen molar-refractivity contribution in [3.8, 4) is 0 Å². The van der Waals surface area contributed by atoms with Crippen LogP contribution in [0.15, 0.2) is 0 Å². The molecule has 0 aromatic rings. The maximum atomic E-state index is 10.1. The average Bonchev–Trinajstić information content (AvgIpc) is 3.08. The lowest BCUT2D eigenvalue weighted by Crippen LogP contribution is -2.52. The normalized spacial score (nSPS) is 35.3. The minimum absolute atomic E-state index is 0.0925. The van der Waals surface area contributed by atoms with Crippen molar-refractivity contribution in [3.05, 3.63) is 0 Å². The van der Waals surface area contributed by atoms with Gasteiger partial charge >= 0.3 is 0 Å². The first-order chi connectivity index (χ1) is 14.0. The van der Waals surface area contributed by atoms with Crippen LogP contribution >= 0.6 is 0 Å². The highest BCUT2D eigenvalue weighted by molar-refractivity contribution is 5.07. The minimum Gasteiger partial charge on any atom is -0.396 e. The molecule has 0 aromatic heterocycles. The Morgan fingerprint density at radius 2 is 1.80 bits per heavy atom. The molecular weight excluding hydrogens is 370 g/mol. The number of rotatable bonds is 12. The van der Waals surface area contributed by atoms with Crippen molar-refractivity contribution in [1.29, 1.82) is 0 Å². The molecule has 0 heterocycles. The van der Waals surface area contributed by atoms with Crippen molar-refractivity contribution in [2.75, 3.05) is 6.61 Å². The summed E-state index contributed by atoms with van der Waals surface area (Å²) in [6.07, 6.45) is 14.0. The van der Waals surface area contributed by atoms with Crippen molar-refractivity contribution in [2.24, 2.45) is 40.2 Å². The second-order valence-electron chi connectivity index (χ2n) is 12.1. The van der Waals surface area contributed by atoms with Crippen LogP contribution in [0.1, 0.15) is 119 Å². The quantitative estimate of drug-likeness (QED) is 0.345. The molecule has 5 unspecified atom stereocenters. The lowest BCUT2D eigenvalue weighted by molar-refractivity contribution is -0.0116. The van der Waals surface area contributed by atoms with E-state index < -0.39 is 0 Å². The number of fused-ring (bicyclic) bond motifs is 1. The van der Waals surface area contributed by atoms with Crippen LogP contribution in [0, 0.1) is 34.5 Å². The number of hydrogen-bond acceptors (Lipinski definition) is 3. The summed E-state index contributed by atoms with van der Waals surface area (Å²) in [5.74, 6) is 2.61. The Labute approximate surface area is 187 Å². The summed E-state index contributed by atoms with van der Waals surface area (Å²) >= 11 is 0. The van der Waals surface area contributed by atoms with E-state index in [1.54, 1.807) is 0 Å². The summed E-state index contributed by atoms with van der Waals surface area (Å²) in [5, 5.41) is 19.4. The van der Waals surface area contributed by atoms with Crippen molar-refractivity contribution in [3.63, 3.8) is 0 Å². The van der Waals surface area contributed by atoms with Gasteiger partial charge in [0.15, 0.2) is 0 Å². The summed E-state index contributed by atoms with van der Waals surface area (Å²) in [6.45, 7) is 14.2. The Balaban J connectivity index is 2.01. The Morgan fingerprint density at radius 1 is 1.10 bits per heavy atom. The topological polar surface area (TPSA) is 66.5 Å². The van der Waals surface area contributed by atoms with Crippen LogP contribution in [0.25, 0.3) is 0 Å². The summed E-state index contributed by atoms with van der Waals surface area (Å²) < 4.78 is 0. The van der Waals surface area contributed by atoms with E-state index in [4.69, 9.17) is 5.73 Å². The Hall–Kier alpha value is -0.120. The fourth-order valence-corrected chi connectivity index (χ4v) is 7.21. The molecule has 30 heavy (non-hydrogen) atoms. The average molecular weight is 424 g/mol. The molecule has 3 heteroatoms. The molecule has 0 radical (unpaired) electrons. The fourth-order valence-electron chi connectivity index (χ4n) is 7.21. The van der Waals surface area contributed by atoms with Gasteiger partial charge in [-0.05, 0) is 106 Å². The summed E-state index contributed by atoms with van der Waals surface area (Å²) in [6, 6.07) is 0. The molecule has 2 fully saturated rings. The highest BCUT2D eigenvalue weighted by Crippen LogP contribution is 2.62. The lowest BCUT2D eigenvalue weighted by atomic mass is 9.54. The Kier molecular flexibility index (Phi) is 9.29. The summed E-state index contributed by atoms with van der Waals surface area (Å²) in [5.41, 5.74) is 7.65. The van der Waals surface area contributed by atoms with E-state index in [-0.39, 0.29) is 18.2 Å². The molecule has 3 nitrogen and oxygen atoms in total. The number of hydrogen-bond donors (Lipinski definition) is 3. The zero-order valence-corrected chi connectivity index (χ0v) is 21.1. The molecule has 8 atom stereocenters. The van der Waals surface area contributed by atoms with Crippen molar-refractivity contribution in [2.45, 2.75) is 130 Å². The van der Waals surface area contributed by atoms with Gasteiger partial charge in [-0.25, -0.2) is 0 Å². The first kappa shape index (κ1) is 26.1. The van der Waals surface area contributed by atoms with Crippen molar-refractivity contribution >= 4 is 0 Å². The molecule has 2 aliphatic rings. The third-order valence-electron chi connectivity index (χ3n) is 9.97. The number of aliphatic hydroxyl groups excluding tert-OH is 2. The van der Waals surface area contributed by atoms with Crippen LogP contribution in [0.4, 0.5) is 0 Å². The van der Waals surface area contributed by atoms with E-state index in [0.29, 0.717) is 22.7 Å². The third kappa shape index (κ3) is 5.81. The first-order valence-electron chi connectivity index (χ1n) is 13.1. The summed E-state index contributed by atoms with van der Waals surface area (Å²) in [7, 11) is 0. The van der Waals surface area contributed by atoms with E-state index in [2.05, 4.69) is 41.5 Å². The third-order valence-corrected chi connectivity index (χ3v) is 9.97. The van der Waals surface area contributed by atoms with Gasteiger partial charge in [-0.15, -0.1) is 0 Å². The van der Waals surface area contributed by atoms with Crippen LogP contribution in [-0.4, -0.2) is 28.5 Å². The molecule has 4 N–H and O–H groups in total. The van der Waals surface area contributed by atoms with Gasteiger partial charge in [0.05, 0.1) is 6.10 Å². The largest absolute Gasteiger partial charge is 0.396 e. The first-order valence-corrected chi connectivity index (χ1v) is 13.1. The zero-order valence-electron chi connectivity index (χ0n) is 21.1. The van der Waals surface area contributed by atoms with Gasteiger partial charge in [0.25, 0.3) is 0 Å². The van der Waals surface area contributed by atoms with Crippen LogP contribution in [-0.2, 0) is 0 Å². The highest BCUT2D eigenvalue weighted by Gasteiger charge is 2.55. The fraction of sp³-hybridized carbons (Fsp3) is 1.00. The highest BCUT2D eigenvalue weighted by atomic mass is 16.3. The number of nitrogens with two attached hydrogens (primary N) is 1. The predicted molar refractivity (Wildman–Crippen MR) is 128 cm³/mol. The van der Waals surface area contributed by atoms with Crippen LogP contribution in [0.2, 0.25) is 0 Å². The minimum atomic E-state index is -0.132. The molecule has 2 saturated carbocycles. The maximum absolute atomic E-state index is 10.1. The van der Waals surface area contributed by atoms with E-state index in [0.717, 1.165) is 50.4 Å². The molecule has 0 aromatic carbocycles. The molecule has 0 saturated heterocycles. The standard InChI is InChI=1S/C27H53NO2/c1-7-23(30)14-16-25(4,8-2)21-13-17-26(5)22(18-21)11-12-24(26)27(6,28)15-9-10-20(3)19-29/h20-24,29-30H,7-19,28H2,1-6H3/t20-,21?,22?,23-,24?,25?,26?,27+/m1/s1. The van der Waals surface area contributed by atoms with Gasteiger partial charge in [-0.2, -0.15) is 0 Å².